The number of esters is 1. The summed E-state index contributed by atoms with van der Waals surface area (Å²) in [5.74, 6) is -0.0625. The van der Waals surface area contributed by atoms with E-state index in [1.807, 2.05) is 0 Å². The van der Waals surface area contributed by atoms with Gasteiger partial charge in [-0.3, -0.25) is 9.80 Å². The molecule has 0 aromatic rings. The number of methoxy groups -OCH3 is 1. The van der Waals surface area contributed by atoms with Crippen molar-refractivity contribution in [1.29, 1.82) is 0 Å². The number of rotatable bonds is 3. The molecule has 1 atom stereocenters. The van der Waals surface area contributed by atoms with Crippen LogP contribution < -0.4 is 5.32 Å². The minimum atomic E-state index is -0.416. The third-order valence-electron chi connectivity index (χ3n) is 4.30. The zero-order valence-electron chi connectivity index (χ0n) is 11.7. The highest BCUT2D eigenvalue weighted by Gasteiger charge is 2.50. The third-order valence-corrected chi connectivity index (χ3v) is 4.30. The fourth-order valence-electron chi connectivity index (χ4n) is 3.10. The lowest BCUT2D eigenvalue weighted by atomic mass is 9.95. The number of likely N-dealkylation sites (tertiary alicyclic amines) is 1. The van der Waals surface area contributed by atoms with E-state index in [2.05, 4.69) is 29.0 Å². The first kappa shape index (κ1) is 13.8. The first-order chi connectivity index (χ1) is 8.60. The molecule has 2 aliphatic heterocycles. The summed E-state index contributed by atoms with van der Waals surface area (Å²) in [7, 11) is 1.50. The number of hydrogen-bond acceptors (Lipinski definition) is 5. The molecule has 0 saturated carbocycles. The molecule has 2 fully saturated rings. The lowest BCUT2D eigenvalue weighted by Gasteiger charge is -2.41. The number of carbonyl (C=O) groups is 1. The Morgan fingerprint density at radius 3 is 2.44 bits per heavy atom. The van der Waals surface area contributed by atoms with Crippen LogP contribution in [0.15, 0.2) is 0 Å². The van der Waals surface area contributed by atoms with Crippen molar-refractivity contribution in [2.75, 3.05) is 46.4 Å². The van der Waals surface area contributed by atoms with E-state index in [1.54, 1.807) is 0 Å². The van der Waals surface area contributed by atoms with Gasteiger partial charge in [-0.15, -0.1) is 0 Å². The summed E-state index contributed by atoms with van der Waals surface area (Å²) >= 11 is 0. The largest absolute Gasteiger partial charge is 0.468 e. The van der Waals surface area contributed by atoms with Crippen molar-refractivity contribution in [3.8, 4) is 0 Å². The number of ether oxygens (including phenoxy) is 1. The van der Waals surface area contributed by atoms with Crippen molar-refractivity contribution in [2.24, 2.45) is 0 Å². The second kappa shape index (κ2) is 5.55. The molecule has 104 valence electrons. The SMILES string of the molecule is COC(=O)C1(N2CCNCC2)CCN(C(C)C)C1. The first-order valence-corrected chi connectivity index (χ1v) is 6.88. The van der Waals surface area contributed by atoms with Gasteiger partial charge in [-0.1, -0.05) is 0 Å². The highest BCUT2D eigenvalue weighted by Crippen LogP contribution is 2.31. The van der Waals surface area contributed by atoms with E-state index in [0.717, 1.165) is 45.7 Å². The van der Waals surface area contributed by atoms with Gasteiger partial charge in [0.25, 0.3) is 0 Å². The molecule has 2 heterocycles. The molecule has 0 aromatic carbocycles. The van der Waals surface area contributed by atoms with Crippen LogP contribution in [0.2, 0.25) is 0 Å². The summed E-state index contributed by atoms with van der Waals surface area (Å²) in [5, 5.41) is 3.34. The first-order valence-electron chi connectivity index (χ1n) is 6.88. The number of nitrogens with one attached hydrogen (secondary N) is 1. The van der Waals surface area contributed by atoms with Gasteiger partial charge in [0.15, 0.2) is 0 Å². The van der Waals surface area contributed by atoms with Gasteiger partial charge in [0.2, 0.25) is 0 Å². The molecule has 5 heteroatoms. The number of piperazine rings is 1. The number of carbonyl (C=O) groups excluding carboxylic acids is 1. The van der Waals surface area contributed by atoms with Crippen molar-refractivity contribution in [1.82, 2.24) is 15.1 Å². The van der Waals surface area contributed by atoms with Crippen LogP contribution in [0.5, 0.6) is 0 Å². The maximum Gasteiger partial charge on any atom is 0.327 e. The molecule has 0 aromatic heterocycles. The molecular weight excluding hydrogens is 230 g/mol. The van der Waals surface area contributed by atoms with Crippen LogP contribution in [0.3, 0.4) is 0 Å². The van der Waals surface area contributed by atoms with Gasteiger partial charge in [-0.05, 0) is 20.3 Å². The average Bonchev–Trinajstić information content (AvgIpc) is 2.85. The van der Waals surface area contributed by atoms with Gasteiger partial charge >= 0.3 is 5.97 Å². The van der Waals surface area contributed by atoms with E-state index in [4.69, 9.17) is 4.74 Å². The fourth-order valence-corrected chi connectivity index (χ4v) is 3.10. The normalized spacial score (nSPS) is 30.9. The second-order valence-electron chi connectivity index (χ2n) is 5.57. The maximum absolute atomic E-state index is 12.3. The Kier molecular flexibility index (Phi) is 4.25. The van der Waals surface area contributed by atoms with Gasteiger partial charge in [-0.2, -0.15) is 0 Å². The van der Waals surface area contributed by atoms with Crippen molar-refractivity contribution >= 4 is 5.97 Å². The van der Waals surface area contributed by atoms with Gasteiger partial charge in [0.1, 0.15) is 5.54 Å². The molecule has 0 aliphatic carbocycles. The van der Waals surface area contributed by atoms with E-state index in [9.17, 15) is 4.79 Å². The predicted molar refractivity (Wildman–Crippen MR) is 70.5 cm³/mol. The van der Waals surface area contributed by atoms with Crippen molar-refractivity contribution in [2.45, 2.75) is 31.8 Å². The Bertz CT molecular complexity index is 303. The molecule has 1 unspecified atom stereocenters. The summed E-state index contributed by atoms with van der Waals surface area (Å²) in [6, 6.07) is 0.486. The van der Waals surface area contributed by atoms with Gasteiger partial charge in [0, 0.05) is 45.3 Å². The standard InChI is InChI=1S/C13H25N3O2/c1-11(2)15-7-4-13(10-15,12(17)18-3)16-8-5-14-6-9-16/h11,14H,4-10H2,1-3H3. The van der Waals surface area contributed by atoms with Crippen molar-refractivity contribution in [3.63, 3.8) is 0 Å². The monoisotopic (exact) mass is 255 g/mol. The van der Waals surface area contributed by atoms with Crippen molar-refractivity contribution in [3.05, 3.63) is 0 Å². The molecule has 0 radical (unpaired) electrons. The van der Waals surface area contributed by atoms with E-state index in [0.29, 0.717) is 6.04 Å². The molecule has 0 bridgehead atoms. The molecule has 0 amide bonds. The Hall–Kier alpha value is -0.650. The molecule has 2 aliphatic rings. The fraction of sp³-hybridized carbons (Fsp3) is 0.923. The third kappa shape index (κ3) is 2.39. The van der Waals surface area contributed by atoms with Crippen LogP contribution in [0.25, 0.3) is 0 Å². The smallest absolute Gasteiger partial charge is 0.327 e. The number of hydrogen-bond donors (Lipinski definition) is 1. The highest BCUT2D eigenvalue weighted by atomic mass is 16.5. The molecule has 0 spiro atoms. The molecule has 2 rings (SSSR count). The summed E-state index contributed by atoms with van der Waals surface area (Å²) in [4.78, 5) is 17.0. The number of nitrogens with zero attached hydrogens (tertiary/aromatic N) is 2. The second-order valence-corrected chi connectivity index (χ2v) is 5.57. The van der Waals surface area contributed by atoms with Crippen molar-refractivity contribution < 1.29 is 9.53 Å². The molecular formula is C13H25N3O2. The van der Waals surface area contributed by atoms with E-state index < -0.39 is 5.54 Å². The highest BCUT2D eigenvalue weighted by molar-refractivity contribution is 5.81. The Balaban J connectivity index is 2.16. The summed E-state index contributed by atoms with van der Waals surface area (Å²) < 4.78 is 5.09. The van der Waals surface area contributed by atoms with Crippen LogP contribution in [0.4, 0.5) is 0 Å². The minimum Gasteiger partial charge on any atom is -0.468 e. The van der Waals surface area contributed by atoms with Gasteiger partial charge in [0.05, 0.1) is 7.11 Å². The van der Waals surface area contributed by atoms with Crippen LogP contribution in [-0.4, -0.2) is 73.7 Å². The predicted octanol–water partition coefficient (Wildman–Crippen LogP) is -0.0825. The summed E-state index contributed by atoms with van der Waals surface area (Å²) in [5.41, 5.74) is -0.416. The molecule has 18 heavy (non-hydrogen) atoms. The Morgan fingerprint density at radius 1 is 1.28 bits per heavy atom. The molecule has 2 saturated heterocycles. The van der Waals surface area contributed by atoms with Crippen LogP contribution in [0, 0.1) is 0 Å². The lowest BCUT2D eigenvalue weighted by molar-refractivity contribution is -0.155. The molecule has 5 nitrogen and oxygen atoms in total. The van der Waals surface area contributed by atoms with E-state index in [1.165, 1.54) is 7.11 Å². The molecule has 1 N–H and O–H groups in total. The maximum atomic E-state index is 12.3. The van der Waals surface area contributed by atoms with Crippen LogP contribution in [0.1, 0.15) is 20.3 Å². The zero-order chi connectivity index (χ0) is 13.2. The zero-order valence-corrected chi connectivity index (χ0v) is 11.7. The summed E-state index contributed by atoms with van der Waals surface area (Å²) in [6.45, 7) is 9.94. The Labute approximate surface area is 109 Å². The summed E-state index contributed by atoms with van der Waals surface area (Å²) in [6.07, 6.45) is 0.887. The van der Waals surface area contributed by atoms with Crippen LogP contribution in [-0.2, 0) is 9.53 Å². The van der Waals surface area contributed by atoms with Gasteiger partial charge < -0.3 is 10.1 Å². The topological polar surface area (TPSA) is 44.8 Å². The average molecular weight is 255 g/mol. The minimum absolute atomic E-state index is 0.0625. The lowest BCUT2D eigenvalue weighted by Crippen LogP contribution is -2.62. The van der Waals surface area contributed by atoms with Gasteiger partial charge in [-0.25, -0.2) is 4.79 Å². The quantitative estimate of drug-likeness (QED) is 0.715. The van der Waals surface area contributed by atoms with E-state index >= 15 is 0 Å². The van der Waals surface area contributed by atoms with Crippen LogP contribution >= 0.6 is 0 Å². The van der Waals surface area contributed by atoms with E-state index in [-0.39, 0.29) is 5.97 Å². The Morgan fingerprint density at radius 2 is 1.94 bits per heavy atom.